The number of halogens is 1. The summed E-state index contributed by atoms with van der Waals surface area (Å²) < 4.78 is 0. The highest BCUT2D eigenvalue weighted by atomic mass is 35.5. The van der Waals surface area contributed by atoms with Crippen LogP contribution in [0.25, 0.3) is 0 Å². The smallest absolute Gasteiger partial charge is 0.0453 e. The van der Waals surface area contributed by atoms with Gasteiger partial charge in [-0.2, -0.15) is 0 Å². The second-order valence-electron chi connectivity index (χ2n) is 5.38. The van der Waals surface area contributed by atoms with Gasteiger partial charge in [-0.25, -0.2) is 0 Å². The summed E-state index contributed by atoms with van der Waals surface area (Å²) in [6, 6.07) is 6.47. The molecule has 1 saturated carbocycles. The van der Waals surface area contributed by atoms with E-state index in [4.69, 9.17) is 17.3 Å². The van der Waals surface area contributed by atoms with Crippen LogP contribution < -0.4 is 5.73 Å². The highest BCUT2D eigenvalue weighted by molar-refractivity contribution is 6.31. The molecule has 0 heterocycles. The largest absolute Gasteiger partial charge is 0.330 e. The maximum atomic E-state index is 6.35. The molecule has 1 aliphatic carbocycles. The molecule has 0 bridgehead atoms. The van der Waals surface area contributed by atoms with Gasteiger partial charge in [-0.05, 0) is 44.1 Å². The molecule has 0 aliphatic heterocycles. The zero-order chi connectivity index (χ0) is 12.5. The van der Waals surface area contributed by atoms with E-state index in [1.54, 1.807) is 0 Å². The van der Waals surface area contributed by atoms with Gasteiger partial charge in [0.2, 0.25) is 0 Å². The van der Waals surface area contributed by atoms with Crippen molar-refractivity contribution in [3.8, 4) is 0 Å². The standard InChI is InChI=1S/C14H21ClN2/c1-17(2)9-11-4-5-12(8-13(11)15)14(10-16)6-3-7-14/h4-5,8H,3,6-7,9-10,16H2,1-2H3. The highest BCUT2D eigenvalue weighted by Crippen LogP contribution is 2.43. The molecule has 0 radical (unpaired) electrons. The number of hydrogen-bond acceptors (Lipinski definition) is 2. The van der Waals surface area contributed by atoms with Gasteiger partial charge in [-0.1, -0.05) is 30.2 Å². The fourth-order valence-electron chi connectivity index (χ4n) is 2.56. The molecular formula is C14H21ClN2. The molecule has 0 amide bonds. The Morgan fingerprint density at radius 1 is 1.35 bits per heavy atom. The summed E-state index contributed by atoms with van der Waals surface area (Å²) in [5.41, 5.74) is 8.63. The third-order valence-electron chi connectivity index (χ3n) is 3.85. The van der Waals surface area contributed by atoms with Crippen molar-refractivity contribution in [2.24, 2.45) is 5.73 Å². The van der Waals surface area contributed by atoms with Crippen LogP contribution in [0.15, 0.2) is 18.2 Å². The maximum Gasteiger partial charge on any atom is 0.0453 e. The molecule has 0 spiro atoms. The number of nitrogens with two attached hydrogens (primary N) is 1. The van der Waals surface area contributed by atoms with Gasteiger partial charge >= 0.3 is 0 Å². The van der Waals surface area contributed by atoms with Crippen molar-refractivity contribution in [3.63, 3.8) is 0 Å². The van der Waals surface area contributed by atoms with Crippen LogP contribution >= 0.6 is 11.6 Å². The molecule has 2 rings (SSSR count). The van der Waals surface area contributed by atoms with E-state index in [0.717, 1.165) is 18.1 Å². The van der Waals surface area contributed by atoms with Gasteiger partial charge in [0.1, 0.15) is 0 Å². The van der Waals surface area contributed by atoms with E-state index in [1.165, 1.54) is 30.4 Å². The lowest BCUT2D eigenvalue weighted by molar-refractivity contribution is 0.253. The Morgan fingerprint density at radius 2 is 2.06 bits per heavy atom. The summed E-state index contributed by atoms with van der Waals surface area (Å²) in [5.74, 6) is 0. The second kappa shape index (κ2) is 4.97. The van der Waals surface area contributed by atoms with Crippen molar-refractivity contribution in [3.05, 3.63) is 34.3 Å². The monoisotopic (exact) mass is 252 g/mol. The van der Waals surface area contributed by atoms with Crippen LogP contribution in [0, 0.1) is 0 Å². The van der Waals surface area contributed by atoms with Crippen molar-refractivity contribution < 1.29 is 0 Å². The van der Waals surface area contributed by atoms with Crippen LogP contribution in [0.3, 0.4) is 0 Å². The summed E-state index contributed by atoms with van der Waals surface area (Å²) in [5, 5.41) is 0.871. The molecule has 17 heavy (non-hydrogen) atoms. The van der Waals surface area contributed by atoms with Gasteiger partial charge in [-0.3, -0.25) is 0 Å². The molecule has 1 aromatic carbocycles. The first-order valence-electron chi connectivity index (χ1n) is 6.21. The van der Waals surface area contributed by atoms with Gasteiger partial charge in [0.25, 0.3) is 0 Å². The van der Waals surface area contributed by atoms with E-state index in [9.17, 15) is 0 Å². The molecule has 1 aliphatic rings. The Labute approximate surface area is 109 Å². The predicted molar refractivity (Wildman–Crippen MR) is 73.4 cm³/mol. The fraction of sp³-hybridized carbons (Fsp3) is 0.571. The van der Waals surface area contributed by atoms with E-state index in [1.807, 2.05) is 0 Å². The van der Waals surface area contributed by atoms with Crippen molar-refractivity contribution in [1.29, 1.82) is 0 Å². The van der Waals surface area contributed by atoms with Crippen molar-refractivity contribution >= 4 is 11.6 Å². The van der Waals surface area contributed by atoms with E-state index < -0.39 is 0 Å². The average Bonchev–Trinajstić information content (AvgIpc) is 2.20. The second-order valence-corrected chi connectivity index (χ2v) is 5.79. The summed E-state index contributed by atoms with van der Waals surface area (Å²) in [7, 11) is 4.11. The van der Waals surface area contributed by atoms with Crippen LogP contribution in [-0.2, 0) is 12.0 Å². The number of hydrogen-bond donors (Lipinski definition) is 1. The third kappa shape index (κ3) is 2.49. The van der Waals surface area contributed by atoms with Crippen LogP contribution in [-0.4, -0.2) is 25.5 Å². The number of nitrogens with zero attached hydrogens (tertiary/aromatic N) is 1. The Balaban J connectivity index is 2.24. The predicted octanol–water partition coefficient (Wildman–Crippen LogP) is 2.78. The molecule has 2 N–H and O–H groups in total. The summed E-state index contributed by atoms with van der Waals surface area (Å²) in [6.45, 7) is 1.62. The highest BCUT2D eigenvalue weighted by Gasteiger charge is 2.37. The minimum Gasteiger partial charge on any atom is -0.330 e. The normalized spacial score (nSPS) is 18.2. The topological polar surface area (TPSA) is 29.3 Å². The first kappa shape index (κ1) is 12.9. The zero-order valence-electron chi connectivity index (χ0n) is 10.7. The third-order valence-corrected chi connectivity index (χ3v) is 4.21. The Hall–Kier alpha value is -0.570. The van der Waals surface area contributed by atoms with Crippen LogP contribution in [0.4, 0.5) is 0 Å². The molecule has 0 unspecified atom stereocenters. The lowest BCUT2D eigenvalue weighted by Crippen LogP contribution is -2.41. The van der Waals surface area contributed by atoms with Crippen LogP contribution in [0.2, 0.25) is 5.02 Å². The molecule has 94 valence electrons. The van der Waals surface area contributed by atoms with Gasteiger partial charge in [0.05, 0.1) is 0 Å². The number of rotatable bonds is 4. The van der Waals surface area contributed by atoms with Crippen LogP contribution in [0.5, 0.6) is 0 Å². The Morgan fingerprint density at radius 3 is 2.47 bits per heavy atom. The maximum absolute atomic E-state index is 6.35. The molecule has 0 atom stereocenters. The lowest BCUT2D eigenvalue weighted by atomic mass is 9.64. The van der Waals surface area contributed by atoms with Crippen molar-refractivity contribution in [2.45, 2.75) is 31.2 Å². The van der Waals surface area contributed by atoms with E-state index in [2.05, 4.69) is 37.2 Å². The minimum absolute atomic E-state index is 0.209. The fourth-order valence-corrected chi connectivity index (χ4v) is 2.80. The summed E-state index contributed by atoms with van der Waals surface area (Å²) in [6.07, 6.45) is 3.69. The Kier molecular flexibility index (Phi) is 3.76. The lowest BCUT2D eigenvalue weighted by Gasteiger charge is -2.41. The SMILES string of the molecule is CN(C)Cc1ccc(C2(CN)CCC2)cc1Cl. The summed E-state index contributed by atoms with van der Waals surface area (Å²) in [4.78, 5) is 2.13. The van der Waals surface area contributed by atoms with Gasteiger partial charge in [-0.15, -0.1) is 0 Å². The van der Waals surface area contributed by atoms with E-state index in [-0.39, 0.29) is 5.41 Å². The molecular weight excluding hydrogens is 232 g/mol. The first-order valence-corrected chi connectivity index (χ1v) is 6.59. The number of benzene rings is 1. The van der Waals surface area contributed by atoms with E-state index in [0.29, 0.717) is 0 Å². The zero-order valence-corrected chi connectivity index (χ0v) is 11.4. The first-order chi connectivity index (χ1) is 8.07. The minimum atomic E-state index is 0.209. The molecule has 1 fully saturated rings. The Bertz CT molecular complexity index is 392. The molecule has 2 nitrogen and oxygen atoms in total. The van der Waals surface area contributed by atoms with E-state index >= 15 is 0 Å². The van der Waals surface area contributed by atoms with Gasteiger partial charge in [0.15, 0.2) is 0 Å². The van der Waals surface area contributed by atoms with Crippen molar-refractivity contribution in [1.82, 2.24) is 4.90 Å². The van der Waals surface area contributed by atoms with Gasteiger partial charge < -0.3 is 10.6 Å². The molecule has 0 saturated heterocycles. The molecule has 1 aromatic rings. The van der Waals surface area contributed by atoms with Crippen LogP contribution in [0.1, 0.15) is 30.4 Å². The molecule has 0 aromatic heterocycles. The average molecular weight is 253 g/mol. The van der Waals surface area contributed by atoms with Gasteiger partial charge in [0, 0.05) is 23.5 Å². The molecule has 3 heteroatoms. The summed E-state index contributed by atoms with van der Waals surface area (Å²) >= 11 is 6.35. The quantitative estimate of drug-likeness (QED) is 0.893. The van der Waals surface area contributed by atoms with Crippen molar-refractivity contribution in [2.75, 3.05) is 20.6 Å².